The van der Waals surface area contributed by atoms with Crippen LogP contribution in [0.25, 0.3) is 0 Å². The topological polar surface area (TPSA) is 38.3 Å². The van der Waals surface area contributed by atoms with E-state index in [9.17, 15) is 4.79 Å². The van der Waals surface area contributed by atoms with Crippen molar-refractivity contribution in [2.45, 2.75) is 39.8 Å². The summed E-state index contributed by atoms with van der Waals surface area (Å²) in [5, 5.41) is 3.28. The number of rotatable bonds is 7. The normalized spacial score (nSPS) is 12.4. The molecule has 1 N–H and O–H groups in total. The zero-order valence-corrected chi connectivity index (χ0v) is 11.5. The van der Waals surface area contributed by atoms with E-state index in [1.54, 1.807) is 0 Å². The lowest BCUT2D eigenvalue weighted by atomic mass is 10.0. The number of carbonyl (C=O) groups excluding carboxylic acids is 1. The Morgan fingerprint density at radius 2 is 1.94 bits per heavy atom. The van der Waals surface area contributed by atoms with Gasteiger partial charge >= 0.3 is 5.97 Å². The van der Waals surface area contributed by atoms with Gasteiger partial charge < -0.3 is 10.1 Å². The van der Waals surface area contributed by atoms with Gasteiger partial charge in [0, 0.05) is 6.54 Å². The molecule has 0 saturated carbocycles. The summed E-state index contributed by atoms with van der Waals surface area (Å²) < 4.78 is 5.09. The molecule has 3 nitrogen and oxygen atoms in total. The van der Waals surface area contributed by atoms with Crippen LogP contribution in [0, 0.1) is 5.92 Å². The number of benzene rings is 1. The van der Waals surface area contributed by atoms with E-state index in [1.807, 2.05) is 37.3 Å². The summed E-state index contributed by atoms with van der Waals surface area (Å²) in [6.45, 7) is 7.17. The summed E-state index contributed by atoms with van der Waals surface area (Å²) in [4.78, 5) is 11.8. The molecule has 100 valence electrons. The minimum absolute atomic E-state index is 0.151. The van der Waals surface area contributed by atoms with Crippen molar-refractivity contribution in [2.24, 2.45) is 5.92 Å². The Labute approximate surface area is 110 Å². The molecule has 1 unspecified atom stereocenters. The number of hydrogen-bond donors (Lipinski definition) is 1. The van der Waals surface area contributed by atoms with Crippen molar-refractivity contribution in [3.05, 3.63) is 35.9 Å². The molecule has 0 radical (unpaired) electrons. The maximum Gasteiger partial charge on any atom is 0.323 e. The van der Waals surface area contributed by atoms with E-state index < -0.39 is 0 Å². The Bertz CT molecular complexity index is 349. The van der Waals surface area contributed by atoms with Gasteiger partial charge in [0.1, 0.15) is 6.04 Å². The highest BCUT2D eigenvalue weighted by Crippen LogP contribution is 2.08. The molecule has 18 heavy (non-hydrogen) atoms. The van der Waals surface area contributed by atoms with Crippen molar-refractivity contribution in [1.82, 2.24) is 5.32 Å². The Balaban J connectivity index is 2.53. The predicted octanol–water partition coefficient (Wildman–Crippen LogP) is 2.75. The minimum Gasteiger partial charge on any atom is -0.465 e. The number of hydrogen-bond acceptors (Lipinski definition) is 3. The van der Waals surface area contributed by atoms with E-state index >= 15 is 0 Å². The molecule has 0 bridgehead atoms. The fourth-order valence-corrected chi connectivity index (χ4v) is 1.81. The second-order valence-electron chi connectivity index (χ2n) is 4.80. The summed E-state index contributed by atoms with van der Waals surface area (Å²) in [6, 6.07) is 9.86. The monoisotopic (exact) mass is 249 g/mol. The maximum atomic E-state index is 11.8. The smallest absolute Gasteiger partial charge is 0.323 e. The Morgan fingerprint density at radius 1 is 1.28 bits per heavy atom. The molecule has 0 amide bonds. The van der Waals surface area contributed by atoms with Gasteiger partial charge in [-0.05, 0) is 24.8 Å². The first-order chi connectivity index (χ1) is 8.63. The first-order valence-corrected chi connectivity index (χ1v) is 6.57. The molecule has 0 aromatic heterocycles. The Kier molecular flexibility index (Phi) is 6.44. The van der Waals surface area contributed by atoms with E-state index in [2.05, 4.69) is 19.2 Å². The molecule has 1 atom stereocenters. The van der Waals surface area contributed by atoms with Crippen molar-refractivity contribution in [2.75, 3.05) is 6.61 Å². The highest BCUT2D eigenvalue weighted by Gasteiger charge is 2.20. The lowest BCUT2D eigenvalue weighted by Gasteiger charge is -2.19. The molecule has 1 aromatic rings. The van der Waals surface area contributed by atoms with Gasteiger partial charge in [0.25, 0.3) is 0 Å². The van der Waals surface area contributed by atoms with E-state index in [0.29, 0.717) is 19.1 Å². The summed E-state index contributed by atoms with van der Waals surface area (Å²) in [7, 11) is 0. The van der Waals surface area contributed by atoms with Crippen LogP contribution < -0.4 is 5.32 Å². The molecule has 0 spiro atoms. The fourth-order valence-electron chi connectivity index (χ4n) is 1.81. The van der Waals surface area contributed by atoms with Crippen LogP contribution in [0.1, 0.15) is 32.8 Å². The van der Waals surface area contributed by atoms with E-state index in [1.165, 1.54) is 5.56 Å². The summed E-state index contributed by atoms with van der Waals surface area (Å²) in [5.74, 6) is 0.310. The van der Waals surface area contributed by atoms with Gasteiger partial charge in [-0.3, -0.25) is 4.79 Å². The molecule has 0 aliphatic rings. The summed E-state index contributed by atoms with van der Waals surface area (Å²) >= 11 is 0. The summed E-state index contributed by atoms with van der Waals surface area (Å²) in [6.07, 6.45) is 0.797. The molecule has 0 saturated heterocycles. The van der Waals surface area contributed by atoms with Crippen LogP contribution in [0.15, 0.2) is 30.3 Å². The van der Waals surface area contributed by atoms with Crippen molar-refractivity contribution in [1.29, 1.82) is 0 Å². The SMILES string of the molecule is CCOC(=O)C(CC(C)C)NCc1ccccc1. The number of carbonyl (C=O) groups is 1. The van der Waals surface area contributed by atoms with Gasteiger partial charge in [0.2, 0.25) is 0 Å². The third kappa shape index (κ3) is 5.32. The molecule has 0 fully saturated rings. The average molecular weight is 249 g/mol. The van der Waals surface area contributed by atoms with Crippen LogP contribution in [0.5, 0.6) is 0 Å². The number of esters is 1. The van der Waals surface area contributed by atoms with Crippen LogP contribution in [-0.4, -0.2) is 18.6 Å². The predicted molar refractivity (Wildman–Crippen MR) is 73.2 cm³/mol. The van der Waals surface area contributed by atoms with Crippen LogP contribution in [-0.2, 0) is 16.1 Å². The van der Waals surface area contributed by atoms with Crippen molar-refractivity contribution in [3.63, 3.8) is 0 Å². The lowest BCUT2D eigenvalue weighted by Crippen LogP contribution is -2.38. The van der Waals surface area contributed by atoms with Crippen molar-refractivity contribution in [3.8, 4) is 0 Å². The quantitative estimate of drug-likeness (QED) is 0.755. The maximum absolute atomic E-state index is 11.8. The Hall–Kier alpha value is -1.35. The third-order valence-electron chi connectivity index (χ3n) is 2.67. The van der Waals surface area contributed by atoms with Gasteiger partial charge in [-0.1, -0.05) is 44.2 Å². The van der Waals surface area contributed by atoms with Gasteiger partial charge in [-0.15, -0.1) is 0 Å². The second-order valence-corrected chi connectivity index (χ2v) is 4.80. The molecule has 3 heteroatoms. The average Bonchev–Trinajstić information content (AvgIpc) is 2.35. The van der Waals surface area contributed by atoms with Crippen LogP contribution in [0.2, 0.25) is 0 Å². The largest absolute Gasteiger partial charge is 0.465 e. The molecule has 1 rings (SSSR count). The van der Waals surface area contributed by atoms with Gasteiger partial charge in [-0.2, -0.15) is 0 Å². The standard InChI is InChI=1S/C15H23NO2/c1-4-18-15(17)14(10-12(2)3)16-11-13-8-6-5-7-9-13/h5-9,12,14,16H,4,10-11H2,1-3H3. The fraction of sp³-hybridized carbons (Fsp3) is 0.533. The first-order valence-electron chi connectivity index (χ1n) is 6.57. The van der Waals surface area contributed by atoms with Gasteiger partial charge in [-0.25, -0.2) is 0 Å². The number of ether oxygens (including phenoxy) is 1. The van der Waals surface area contributed by atoms with E-state index in [4.69, 9.17) is 4.74 Å². The third-order valence-corrected chi connectivity index (χ3v) is 2.67. The van der Waals surface area contributed by atoms with Crippen LogP contribution in [0.4, 0.5) is 0 Å². The zero-order chi connectivity index (χ0) is 13.4. The molecule has 0 aliphatic heterocycles. The second kappa shape index (κ2) is 7.88. The molecular formula is C15H23NO2. The highest BCUT2D eigenvalue weighted by molar-refractivity contribution is 5.75. The van der Waals surface area contributed by atoms with Gasteiger partial charge in [0.15, 0.2) is 0 Å². The number of nitrogens with one attached hydrogen (secondary N) is 1. The van der Waals surface area contributed by atoms with Gasteiger partial charge in [0.05, 0.1) is 6.61 Å². The lowest BCUT2D eigenvalue weighted by molar-refractivity contribution is -0.146. The minimum atomic E-state index is -0.217. The molecule has 1 aromatic carbocycles. The van der Waals surface area contributed by atoms with E-state index in [-0.39, 0.29) is 12.0 Å². The first kappa shape index (κ1) is 14.7. The zero-order valence-electron chi connectivity index (χ0n) is 11.5. The van der Waals surface area contributed by atoms with Crippen molar-refractivity contribution >= 4 is 5.97 Å². The molecule has 0 heterocycles. The van der Waals surface area contributed by atoms with Crippen molar-refractivity contribution < 1.29 is 9.53 Å². The van der Waals surface area contributed by atoms with Crippen LogP contribution >= 0.6 is 0 Å². The van der Waals surface area contributed by atoms with Crippen LogP contribution in [0.3, 0.4) is 0 Å². The Morgan fingerprint density at radius 3 is 2.50 bits per heavy atom. The molecular weight excluding hydrogens is 226 g/mol. The van der Waals surface area contributed by atoms with E-state index in [0.717, 1.165) is 6.42 Å². The summed E-state index contributed by atoms with van der Waals surface area (Å²) in [5.41, 5.74) is 1.18. The molecule has 0 aliphatic carbocycles. The highest BCUT2D eigenvalue weighted by atomic mass is 16.5.